The molecule has 0 fully saturated rings. The van der Waals surface area contributed by atoms with Crippen LogP contribution in [0.3, 0.4) is 0 Å². The van der Waals surface area contributed by atoms with Crippen molar-refractivity contribution in [3.05, 3.63) is 70.8 Å². The smallest absolute Gasteiger partial charge is 0.253 e. The molecule has 0 spiro atoms. The van der Waals surface area contributed by atoms with E-state index in [-0.39, 0.29) is 11.8 Å². The molecule has 0 atom stereocenters. The highest BCUT2D eigenvalue weighted by atomic mass is 16.2. The lowest BCUT2D eigenvalue weighted by atomic mass is 10.1. The van der Waals surface area contributed by atoms with Crippen molar-refractivity contribution < 1.29 is 9.59 Å². The van der Waals surface area contributed by atoms with E-state index >= 15 is 0 Å². The van der Waals surface area contributed by atoms with E-state index in [9.17, 15) is 9.59 Å². The molecule has 24 heavy (non-hydrogen) atoms. The lowest BCUT2D eigenvalue weighted by molar-refractivity contribution is 0.0718. The van der Waals surface area contributed by atoms with Gasteiger partial charge in [0.25, 0.3) is 11.8 Å². The van der Waals surface area contributed by atoms with Gasteiger partial charge in [0.05, 0.1) is 0 Å². The second-order valence-electron chi connectivity index (χ2n) is 6.19. The first-order valence-corrected chi connectivity index (χ1v) is 8.03. The number of rotatable bonds is 5. The molecule has 4 heteroatoms. The van der Waals surface area contributed by atoms with E-state index in [1.54, 1.807) is 23.9 Å². The van der Waals surface area contributed by atoms with Crippen LogP contribution in [-0.4, -0.2) is 48.8 Å². The Morgan fingerprint density at radius 2 is 1.12 bits per heavy atom. The topological polar surface area (TPSA) is 40.6 Å². The molecule has 2 rings (SSSR count). The Morgan fingerprint density at radius 1 is 0.750 bits per heavy atom. The van der Waals surface area contributed by atoms with Crippen molar-refractivity contribution in [1.29, 1.82) is 0 Å². The zero-order chi connectivity index (χ0) is 17.7. The molecule has 0 unspecified atom stereocenters. The average molecular weight is 324 g/mol. The minimum atomic E-state index is -0.0323. The van der Waals surface area contributed by atoms with E-state index in [4.69, 9.17) is 0 Å². The fourth-order valence-electron chi connectivity index (χ4n) is 2.50. The quantitative estimate of drug-likeness (QED) is 0.848. The van der Waals surface area contributed by atoms with Crippen molar-refractivity contribution in [2.24, 2.45) is 0 Å². The standard InChI is InChI=1S/C20H24N2O2/c1-15-7-5-9-17(13-15)19(23)21(3)11-12-22(4)20(24)18-10-6-8-16(2)14-18/h5-10,13-14H,11-12H2,1-4H3. The molecule has 0 heterocycles. The van der Waals surface area contributed by atoms with E-state index in [2.05, 4.69) is 0 Å². The summed E-state index contributed by atoms with van der Waals surface area (Å²) in [6.45, 7) is 4.90. The molecular weight excluding hydrogens is 300 g/mol. The lowest BCUT2D eigenvalue weighted by Gasteiger charge is -2.23. The number of hydrogen-bond acceptors (Lipinski definition) is 2. The van der Waals surface area contributed by atoms with Crippen LogP contribution in [0.15, 0.2) is 48.5 Å². The summed E-state index contributed by atoms with van der Waals surface area (Å²) in [5.74, 6) is -0.0646. The Balaban J connectivity index is 1.94. The van der Waals surface area contributed by atoms with Gasteiger partial charge in [0.15, 0.2) is 0 Å². The van der Waals surface area contributed by atoms with Gasteiger partial charge in [-0.3, -0.25) is 9.59 Å². The number of aryl methyl sites for hydroxylation is 2. The minimum absolute atomic E-state index is 0.0323. The van der Waals surface area contributed by atoms with Gasteiger partial charge in [-0.1, -0.05) is 35.4 Å². The van der Waals surface area contributed by atoms with Crippen LogP contribution in [0.5, 0.6) is 0 Å². The van der Waals surface area contributed by atoms with E-state index in [0.717, 1.165) is 11.1 Å². The molecule has 126 valence electrons. The molecule has 0 bridgehead atoms. The van der Waals surface area contributed by atoms with Gasteiger partial charge in [0.1, 0.15) is 0 Å². The zero-order valence-electron chi connectivity index (χ0n) is 14.7. The van der Waals surface area contributed by atoms with Crippen LogP contribution in [0.4, 0.5) is 0 Å². The number of hydrogen-bond donors (Lipinski definition) is 0. The first-order valence-electron chi connectivity index (χ1n) is 8.03. The fraction of sp³-hybridized carbons (Fsp3) is 0.300. The number of nitrogens with zero attached hydrogens (tertiary/aromatic N) is 2. The summed E-state index contributed by atoms with van der Waals surface area (Å²) in [4.78, 5) is 28.1. The summed E-state index contributed by atoms with van der Waals surface area (Å²) in [6.07, 6.45) is 0. The van der Waals surface area contributed by atoms with Gasteiger partial charge in [-0.25, -0.2) is 0 Å². The second kappa shape index (κ2) is 7.77. The normalized spacial score (nSPS) is 10.3. The number of carbonyl (C=O) groups excluding carboxylic acids is 2. The third-order valence-corrected chi connectivity index (χ3v) is 3.99. The predicted octanol–water partition coefficient (Wildman–Crippen LogP) is 3.15. The maximum Gasteiger partial charge on any atom is 0.253 e. The molecule has 0 radical (unpaired) electrons. The van der Waals surface area contributed by atoms with Crippen LogP contribution >= 0.6 is 0 Å². The molecule has 2 aromatic rings. The first kappa shape index (κ1) is 17.7. The van der Waals surface area contributed by atoms with Crippen molar-refractivity contribution in [3.63, 3.8) is 0 Å². The Kier molecular flexibility index (Phi) is 5.74. The molecule has 0 aliphatic heterocycles. The van der Waals surface area contributed by atoms with Gasteiger partial charge in [0, 0.05) is 38.3 Å². The van der Waals surface area contributed by atoms with Gasteiger partial charge in [0.2, 0.25) is 0 Å². The molecule has 0 N–H and O–H groups in total. The van der Waals surface area contributed by atoms with E-state index in [0.29, 0.717) is 24.2 Å². The van der Waals surface area contributed by atoms with Crippen molar-refractivity contribution in [1.82, 2.24) is 9.80 Å². The minimum Gasteiger partial charge on any atom is -0.340 e. The van der Waals surface area contributed by atoms with Gasteiger partial charge >= 0.3 is 0 Å². The summed E-state index contributed by atoms with van der Waals surface area (Å²) in [5.41, 5.74) is 3.46. The van der Waals surface area contributed by atoms with Crippen LogP contribution in [0.2, 0.25) is 0 Å². The average Bonchev–Trinajstić information content (AvgIpc) is 2.58. The van der Waals surface area contributed by atoms with Crippen LogP contribution in [0, 0.1) is 13.8 Å². The number of carbonyl (C=O) groups is 2. The maximum atomic E-state index is 12.4. The molecule has 2 amide bonds. The monoisotopic (exact) mass is 324 g/mol. The SMILES string of the molecule is Cc1cccc(C(=O)N(C)CCN(C)C(=O)c2cccc(C)c2)c1. The molecule has 4 nitrogen and oxygen atoms in total. The third kappa shape index (κ3) is 4.44. The summed E-state index contributed by atoms with van der Waals surface area (Å²) < 4.78 is 0. The van der Waals surface area contributed by atoms with Crippen molar-refractivity contribution in [3.8, 4) is 0 Å². The van der Waals surface area contributed by atoms with Gasteiger partial charge in [-0.15, -0.1) is 0 Å². The third-order valence-electron chi connectivity index (χ3n) is 3.99. The Labute approximate surface area is 143 Å². The highest BCUT2D eigenvalue weighted by Gasteiger charge is 2.15. The highest BCUT2D eigenvalue weighted by Crippen LogP contribution is 2.09. The van der Waals surface area contributed by atoms with Crippen molar-refractivity contribution in [2.45, 2.75) is 13.8 Å². The van der Waals surface area contributed by atoms with Crippen molar-refractivity contribution in [2.75, 3.05) is 27.2 Å². The molecular formula is C20H24N2O2. The molecule has 0 aliphatic rings. The van der Waals surface area contributed by atoms with Gasteiger partial charge in [-0.05, 0) is 38.1 Å². The Hall–Kier alpha value is -2.62. The van der Waals surface area contributed by atoms with Crippen LogP contribution in [0.25, 0.3) is 0 Å². The molecule has 0 saturated carbocycles. The summed E-state index contributed by atoms with van der Waals surface area (Å²) in [5, 5.41) is 0. The van der Waals surface area contributed by atoms with Crippen molar-refractivity contribution >= 4 is 11.8 Å². The maximum absolute atomic E-state index is 12.4. The Bertz CT molecular complexity index is 676. The van der Waals surface area contributed by atoms with Crippen LogP contribution in [-0.2, 0) is 0 Å². The molecule has 0 aliphatic carbocycles. The predicted molar refractivity (Wildman–Crippen MR) is 96.3 cm³/mol. The largest absolute Gasteiger partial charge is 0.340 e. The van der Waals surface area contributed by atoms with E-state index in [1.165, 1.54) is 0 Å². The van der Waals surface area contributed by atoms with Gasteiger partial charge < -0.3 is 9.80 Å². The summed E-state index contributed by atoms with van der Waals surface area (Å²) >= 11 is 0. The second-order valence-corrected chi connectivity index (χ2v) is 6.19. The van der Waals surface area contributed by atoms with Crippen LogP contribution < -0.4 is 0 Å². The van der Waals surface area contributed by atoms with E-state index in [1.807, 2.05) is 62.4 Å². The molecule has 2 aromatic carbocycles. The highest BCUT2D eigenvalue weighted by molar-refractivity contribution is 5.95. The Morgan fingerprint density at radius 3 is 1.46 bits per heavy atom. The van der Waals surface area contributed by atoms with Crippen LogP contribution in [0.1, 0.15) is 31.8 Å². The fourth-order valence-corrected chi connectivity index (χ4v) is 2.50. The number of benzene rings is 2. The summed E-state index contributed by atoms with van der Waals surface area (Å²) in [7, 11) is 3.52. The number of amides is 2. The molecule has 0 saturated heterocycles. The number of likely N-dealkylation sites (N-methyl/N-ethyl adjacent to an activating group) is 2. The zero-order valence-corrected chi connectivity index (χ0v) is 14.7. The molecule has 0 aromatic heterocycles. The van der Waals surface area contributed by atoms with Gasteiger partial charge in [-0.2, -0.15) is 0 Å². The summed E-state index contributed by atoms with van der Waals surface area (Å²) in [6, 6.07) is 15.1. The van der Waals surface area contributed by atoms with E-state index < -0.39 is 0 Å². The lowest BCUT2D eigenvalue weighted by Crippen LogP contribution is -2.37. The first-order chi connectivity index (χ1) is 11.4.